The molecule has 0 aromatic carbocycles. The summed E-state index contributed by atoms with van der Waals surface area (Å²) in [7, 11) is -1.71. The maximum absolute atomic E-state index is 6.19. The first-order chi connectivity index (χ1) is 9.29. The molecule has 0 saturated carbocycles. The van der Waals surface area contributed by atoms with Crippen LogP contribution in [0.25, 0.3) is 0 Å². The van der Waals surface area contributed by atoms with Gasteiger partial charge in [0.1, 0.15) is 18.3 Å². The lowest BCUT2D eigenvalue weighted by atomic mass is 10.2. The zero-order valence-corrected chi connectivity index (χ0v) is 14.0. The quantitative estimate of drug-likeness (QED) is 0.800. The maximum Gasteiger partial charge on any atom is 0.235 e. The molecule has 0 saturated heterocycles. The fraction of sp³-hybridized carbons (Fsp3) is 0.600. The summed E-state index contributed by atoms with van der Waals surface area (Å²) in [6.07, 6.45) is 1.75. The van der Waals surface area contributed by atoms with Gasteiger partial charge in [0.2, 0.25) is 5.90 Å². The Balaban J connectivity index is 1.95. The molecule has 0 bridgehead atoms. The van der Waals surface area contributed by atoms with E-state index in [0.29, 0.717) is 19.1 Å². The molecule has 0 amide bonds. The lowest BCUT2D eigenvalue weighted by molar-refractivity contribution is 0.228. The van der Waals surface area contributed by atoms with Crippen LogP contribution in [0.4, 0.5) is 0 Å². The van der Waals surface area contributed by atoms with E-state index in [1.54, 1.807) is 6.20 Å². The molecule has 1 aliphatic heterocycles. The largest absolute Gasteiger partial charge is 0.474 e. The zero-order chi connectivity index (χ0) is 14.8. The Hall–Kier alpha value is -1.20. The molecule has 0 fully saturated rings. The SMILES string of the molecule is CC(C)(C)[Si](C)(C)OC[C@H]1COC(c2ccccn2)=N1. The predicted molar refractivity (Wildman–Crippen MR) is 83.7 cm³/mol. The van der Waals surface area contributed by atoms with Gasteiger partial charge in [0.15, 0.2) is 8.32 Å². The Kier molecular flexibility index (Phi) is 4.30. The summed E-state index contributed by atoms with van der Waals surface area (Å²) in [5, 5.41) is 0.222. The van der Waals surface area contributed by atoms with E-state index in [4.69, 9.17) is 9.16 Å². The Morgan fingerprint density at radius 2 is 2.10 bits per heavy atom. The van der Waals surface area contributed by atoms with Crippen LogP contribution in [-0.4, -0.2) is 38.5 Å². The van der Waals surface area contributed by atoms with E-state index < -0.39 is 8.32 Å². The number of aromatic nitrogens is 1. The van der Waals surface area contributed by atoms with Crippen LogP contribution in [0.2, 0.25) is 18.1 Å². The summed E-state index contributed by atoms with van der Waals surface area (Å²) in [4.78, 5) is 8.83. The number of rotatable bonds is 4. The minimum Gasteiger partial charge on any atom is -0.474 e. The van der Waals surface area contributed by atoms with E-state index >= 15 is 0 Å². The molecule has 1 aromatic heterocycles. The van der Waals surface area contributed by atoms with Crippen molar-refractivity contribution in [3.63, 3.8) is 0 Å². The Bertz CT molecular complexity index is 480. The number of pyridine rings is 1. The van der Waals surface area contributed by atoms with E-state index in [2.05, 4.69) is 43.8 Å². The normalized spacial score (nSPS) is 19.6. The lowest BCUT2D eigenvalue weighted by Crippen LogP contribution is -2.42. The summed E-state index contributed by atoms with van der Waals surface area (Å²) < 4.78 is 11.8. The molecule has 0 spiro atoms. The molecule has 2 heterocycles. The van der Waals surface area contributed by atoms with Gasteiger partial charge in [0, 0.05) is 6.20 Å². The molecule has 0 N–H and O–H groups in total. The monoisotopic (exact) mass is 292 g/mol. The summed E-state index contributed by atoms with van der Waals surface area (Å²) >= 11 is 0. The highest BCUT2D eigenvalue weighted by molar-refractivity contribution is 6.74. The standard InChI is InChI=1S/C15H24N2O2Si/c1-15(2,3)20(4,5)19-11-12-10-18-14(17-12)13-8-6-7-9-16-13/h6-9,12H,10-11H2,1-5H3/t12-/m1/s1. The molecule has 5 heteroatoms. The fourth-order valence-corrected chi connectivity index (χ4v) is 2.69. The Labute approximate surface area is 122 Å². The second kappa shape index (κ2) is 5.66. The second-order valence-electron chi connectivity index (χ2n) is 6.69. The molecule has 4 nitrogen and oxygen atoms in total. The third-order valence-electron chi connectivity index (χ3n) is 4.04. The van der Waals surface area contributed by atoms with Crippen LogP contribution in [0.3, 0.4) is 0 Å². The van der Waals surface area contributed by atoms with Crippen molar-refractivity contribution in [3.8, 4) is 0 Å². The fourth-order valence-electron chi connectivity index (χ4n) is 1.65. The van der Waals surface area contributed by atoms with Gasteiger partial charge in [-0.3, -0.25) is 4.98 Å². The summed E-state index contributed by atoms with van der Waals surface area (Å²) in [6, 6.07) is 5.82. The number of hydrogen-bond donors (Lipinski definition) is 0. The third-order valence-corrected chi connectivity index (χ3v) is 8.54. The predicted octanol–water partition coefficient (Wildman–Crippen LogP) is 3.25. The van der Waals surface area contributed by atoms with Gasteiger partial charge < -0.3 is 9.16 Å². The van der Waals surface area contributed by atoms with Crippen LogP contribution in [0, 0.1) is 0 Å². The first kappa shape index (κ1) is 15.2. The molecule has 0 unspecified atom stereocenters. The van der Waals surface area contributed by atoms with Crippen LogP contribution < -0.4 is 0 Å². The Morgan fingerprint density at radius 3 is 2.70 bits per heavy atom. The lowest BCUT2D eigenvalue weighted by Gasteiger charge is -2.36. The average molecular weight is 292 g/mol. The van der Waals surface area contributed by atoms with Crippen molar-refractivity contribution in [2.75, 3.05) is 13.2 Å². The molecule has 110 valence electrons. The zero-order valence-electron chi connectivity index (χ0n) is 13.0. The van der Waals surface area contributed by atoms with Gasteiger partial charge in [0.05, 0.1) is 6.61 Å². The van der Waals surface area contributed by atoms with Crippen molar-refractivity contribution >= 4 is 14.2 Å². The first-order valence-corrected chi connectivity index (χ1v) is 9.96. The van der Waals surface area contributed by atoms with Crippen molar-refractivity contribution in [1.29, 1.82) is 0 Å². The highest BCUT2D eigenvalue weighted by Gasteiger charge is 2.38. The summed E-state index contributed by atoms with van der Waals surface area (Å²) in [6.45, 7) is 12.5. The van der Waals surface area contributed by atoms with Crippen LogP contribution >= 0.6 is 0 Å². The van der Waals surface area contributed by atoms with E-state index in [-0.39, 0.29) is 11.1 Å². The molecule has 1 aromatic rings. The number of nitrogens with zero attached hydrogens (tertiary/aromatic N) is 2. The second-order valence-corrected chi connectivity index (χ2v) is 11.5. The molecule has 20 heavy (non-hydrogen) atoms. The topological polar surface area (TPSA) is 43.7 Å². The van der Waals surface area contributed by atoms with Crippen molar-refractivity contribution in [3.05, 3.63) is 30.1 Å². The molecule has 0 aliphatic carbocycles. The van der Waals surface area contributed by atoms with Crippen LogP contribution in [0.5, 0.6) is 0 Å². The molecule has 2 rings (SSSR count). The van der Waals surface area contributed by atoms with Gasteiger partial charge in [-0.25, -0.2) is 4.99 Å². The van der Waals surface area contributed by atoms with Crippen molar-refractivity contribution < 1.29 is 9.16 Å². The molecule has 1 aliphatic rings. The van der Waals surface area contributed by atoms with E-state index in [1.807, 2.05) is 18.2 Å². The van der Waals surface area contributed by atoms with Crippen LogP contribution in [0.1, 0.15) is 26.5 Å². The molecular formula is C15H24N2O2Si. The van der Waals surface area contributed by atoms with Crippen molar-refractivity contribution in [1.82, 2.24) is 4.98 Å². The molecular weight excluding hydrogens is 268 g/mol. The maximum atomic E-state index is 6.19. The third kappa shape index (κ3) is 3.46. The minimum atomic E-state index is -1.71. The molecule has 1 atom stereocenters. The van der Waals surface area contributed by atoms with Gasteiger partial charge in [-0.05, 0) is 30.3 Å². The number of hydrogen-bond acceptors (Lipinski definition) is 4. The van der Waals surface area contributed by atoms with Crippen LogP contribution in [-0.2, 0) is 9.16 Å². The van der Waals surface area contributed by atoms with Crippen molar-refractivity contribution in [2.24, 2.45) is 4.99 Å². The highest BCUT2D eigenvalue weighted by Crippen LogP contribution is 2.36. The van der Waals surface area contributed by atoms with Gasteiger partial charge >= 0.3 is 0 Å². The van der Waals surface area contributed by atoms with Gasteiger partial charge in [-0.15, -0.1) is 0 Å². The van der Waals surface area contributed by atoms with Gasteiger partial charge in [-0.1, -0.05) is 26.8 Å². The van der Waals surface area contributed by atoms with E-state index in [0.717, 1.165) is 5.69 Å². The minimum absolute atomic E-state index is 0.0844. The number of ether oxygens (including phenoxy) is 1. The summed E-state index contributed by atoms with van der Waals surface area (Å²) in [5.74, 6) is 0.634. The van der Waals surface area contributed by atoms with Crippen molar-refractivity contribution in [2.45, 2.75) is 44.9 Å². The van der Waals surface area contributed by atoms with Crippen LogP contribution in [0.15, 0.2) is 29.4 Å². The highest BCUT2D eigenvalue weighted by atomic mass is 28.4. The van der Waals surface area contributed by atoms with E-state index in [1.165, 1.54) is 0 Å². The van der Waals surface area contributed by atoms with Gasteiger partial charge in [-0.2, -0.15) is 0 Å². The first-order valence-electron chi connectivity index (χ1n) is 7.05. The Morgan fingerprint density at radius 1 is 1.35 bits per heavy atom. The number of aliphatic imine (C=N–C) groups is 1. The molecule has 0 radical (unpaired) electrons. The van der Waals surface area contributed by atoms with E-state index in [9.17, 15) is 0 Å². The smallest absolute Gasteiger partial charge is 0.235 e. The average Bonchev–Trinajstić information content (AvgIpc) is 2.85. The van der Waals surface area contributed by atoms with Gasteiger partial charge in [0.25, 0.3) is 0 Å². The summed E-state index contributed by atoms with van der Waals surface area (Å²) in [5.41, 5.74) is 0.794.